The lowest BCUT2D eigenvalue weighted by molar-refractivity contribution is 0.0376. The van der Waals surface area contributed by atoms with Crippen molar-refractivity contribution in [3.63, 3.8) is 0 Å². The highest BCUT2D eigenvalue weighted by Gasteiger charge is 2.15. The second kappa shape index (κ2) is 12.8. The Balaban J connectivity index is 1.50. The van der Waals surface area contributed by atoms with Gasteiger partial charge in [0.05, 0.1) is 47.7 Å². The van der Waals surface area contributed by atoms with E-state index in [0.717, 1.165) is 5.56 Å². The lowest BCUT2D eigenvalue weighted by Gasteiger charge is -2.08. The molecule has 2 aromatic heterocycles. The Morgan fingerprint density at radius 2 is 1.85 bits per heavy atom. The van der Waals surface area contributed by atoms with Gasteiger partial charge in [-0.3, -0.25) is 4.79 Å². The van der Waals surface area contributed by atoms with Gasteiger partial charge in [0.2, 0.25) is 0 Å². The third-order valence-electron chi connectivity index (χ3n) is 4.21. The van der Waals surface area contributed by atoms with Crippen LogP contribution in [0, 0.1) is 6.92 Å². The normalized spacial score (nSPS) is 10.9. The van der Waals surface area contributed by atoms with E-state index in [0.29, 0.717) is 65.1 Å². The predicted octanol–water partition coefficient (Wildman–Crippen LogP) is 3.84. The summed E-state index contributed by atoms with van der Waals surface area (Å²) >= 11 is 13.4. The van der Waals surface area contributed by atoms with Gasteiger partial charge < -0.3 is 25.3 Å². The molecule has 0 unspecified atom stereocenters. The van der Waals surface area contributed by atoms with Crippen LogP contribution in [0.2, 0.25) is 10.0 Å². The van der Waals surface area contributed by atoms with E-state index < -0.39 is 0 Å². The fourth-order valence-electron chi connectivity index (χ4n) is 2.61. The van der Waals surface area contributed by atoms with E-state index >= 15 is 0 Å². The van der Waals surface area contributed by atoms with Crippen molar-refractivity contribution in [3.8, 4) is 16.6 Å². The number of thiazole rings is 1. The molecular weight excluding hydrogens is 489 g/mol. The SMILES string of the molecule is Cc1nc(OCCOCCOCCN)ncc1C(=O)Nc1csc(-c2ccc(Cl)c(Cl)c2)n1. The number of nitrogens with two attached hydrogens (primary N) is 1. The summed E-state index contributed by atoms with van der Waals surface area (Å²) in [5.74, 6) is 0.0456. The highest BCUT2D eigenvalue weighted by Crippen LogP contribution is 2.31. The van der Waals surface area contributed by atoms with Crippen LogP contribution in [-0.2, 0) is 9.47 Å². The second-order valence-corrected chi connectivity index (χ2v) is 8.31. The number of carbonyl (C=O) groups excluding carboxylic acids is 1. The smallest absolute Gasteiger partial charge is 0.316 e. The summed E-state index contributed by atoms with van der Waals surface area (Å²) in [6, 6.07) is 5.41. The van der Waals surface area contributed by atoms with Crippen molar-refractivity contribution in [3.05, 3.63) is 51.1 Å². The van der Waals surface area contributed by atoms with E-state index in [4.69, 9.17) is 43.1 Å². The molecule has 33 heavy (non-hydrogen) atoms. The zero-order valence-electron chi connectivity index (χ0n) is 17.8. The molecule has 0 radical (unpaired) electrons. The minimum Gasteiger partial charge on any atom is -0.461 e. The van der Waals surface area contributed by atoms with E-state index in [1.54, 1.807) is 24.4 Å². The molecule has 3 aromatic rings. The molecule has 0 aliphatic rings. The van der Waals surface area contributed by atoms with Gasteiger partial charge in [-0.15, -0.1) is 11.3 Å². The first-order valence-corrected chi connectivity index (χ1v) is 11.7. The van der Waals surface area contributed by atoms with Gasteiger partial charge in [-0.25, -0.2) is 9.97 Å². The zero-order valence-corrected chi connectivity index (χ0v) is 20.2. The van der Waals surface area contributed by atoms with Gasteiger partial charge in [0.15, 0.2) is 0 Å². The number of benzene rings is 1. The third kappa shape index (κ3) is 7.60. The molecule has 0 aliphatic carbocycles. The molecule has 0 aliphatic heterocycles. The number of carbonyl (C=O) groups is 1. The van der Waals surface area contributed by atoms with E-state index in [2.05, 4.69) is 20.3 Å². The number of nitrogens with zero attached hydrogens (tertiary/aromatic N) is 3. The number of aromatic nitrogens is 3. The second-order valence-electron chi connectivity index (χ2n) is 6.63. The first-order valence-electron chi connectivity index (χ1n) is 10.0. The average Bonchev–Trinajstić information content (AvgIpc) is 3.26. The monoisotopic (exact) mass is 511 g/mol. The molecule has 12 heteroatoms. The van der Waals surface area contributed by atoms with Crippen LogP contribution in [0.3, 0.4) is 0 Å². The Morgan fingerprint density at radius 3 is 2.58 bits per heavy atom. The van der Waals surface area contributed by atoms with Crippen molar-refractivity contribution in [1.29, 1.82) is 0 Å². The molecule has 0 spiro atoms. The highest BCUT2D eigenvalue weighted by molar-refractivity contribution is 7.13. The number of nitrogens with one attached hydrogen (secondary N) is 1. The molecule has 0 bridgehead atoms. The summed E-state index contributed by atoms with van der Waals surface area (Å²) in [5.41, 5.74) is 6.94. The van der Waals surface area contributed by atoms with E-state index in [1.165, 1.54) is 17.5 Å². The van der Waals surface area contributed by atoms with Gasteiger partial charge in [0, 0.05) is 23.7 Å². The average molecular weight is 512 g/mol. The molecule has 3 N–H and O–H groups in total. The van der Waals surface area contributed by atoms with E-state index in [1.807, 2.05) is 6.07 Å². The topological polar surface area (TPSA) is 121 Å². The summed E-state index contributed by atoms with van der Waals surface area (Å²) in [6.07, 6.45) is 1.42. The molecular formula is C21H23Cl2N5O4S. The van der Waals surface area contributed by atoms with Gasteiger partial charge in [0.25, 0.3) is 5.91 Å². The zero-order chi connectivity index (χ0) is 23.6. The lowest BCUT2D eigenvalue weighted by Crippen LogP contribution is -2.16. The quantitative estimate of drug-likeness (QED) is 0.351. The number of halogens is 2. The first-order chi connectivity index (χ1) is 16.0. The summed E-state index contributed by atoms with van der Waals surface area (Å²) in [5, 5.41) is 6.10. The van der Waals surface area contributed by atoms with Crippen LogP contribution in [0.15, 0.2) is 29.8 Å². The highest BCUT2D eigenvalue weighted by atomic mass is 35.5. The van der Waals surface area contributed by atoms with Crippen LogP contribution in [0.4, 0.5) is 5.82 Å². The van der Waals surface area contributed by atoms with Crippen molar-refractivity contribution < 1.29 is 19.0 Å². The number of ether oxygens (including phenoxy) is 3. The summed E-state index contributed by atoms with van der Waals surface area (Å²) in [7, 11) is 0. The number of amides is 1. The number of hydrogen-bond acceptors (Lipinski definition) is 9. The minimum atomic E-state index is -0.370. The molecule has 1 aromatic carbocycles. The van der Waals surface area contributed by atoms with Crippen LogP contribution < -0.4 is 15.8 Å². The maximum atomic E-state index is 12.7. The van der Waals surface area contributed by atoms with Crippen molar-refractivity contribution in [2.75, 3.05) is 44.9 Å². The van der Waals surface area contributed by atoms with E-state index in [-0.39, 0.29) is 18.5 Å². The van der Waals surface area contributed by atoms with Crippen LogP contribution in [0.1, 0.15) is 16.1 Å². The van der Waals surface area contributed by atoms with Gasteiger partial charge in [-0.2, -0.15) is 4.98 Å². The molecule has 0 atom stereocenters. The fraction of sp³-hybridized carbons (Fsp3) is 0.333. The van der Waals surface area contributed by atoms with Crippen LogP contribution in [0.25, 0.3) is 10.6 Å². The van der Waals surface area contributed by atoms with Crippen molar-refractivity contribution in [2.24, 2.45) is 5.73 Å². The van der Waals surface area contributed by atoms with Crippen LogP contribution in [-0.4, -0.2) is 60.4 Å². The molecule has 0 saturated heterocycles. The van der Waals surface area contributed by atoms with Gasteiger partial charge in [-0.05, 0) is 19.1 Å². The number of aryl methyl sites for hydroxylation is 1. The Bertz CT molecular complexity index is 1080. The molecule has 0 fully saturated rings. The maximum Gasteiger partial charge on any atom is 0.316 e. The maximum absolute atomic E-state index is 12.7. The van der Waals surface area contributed by atoms with Crippen molar-refractivity contribution >= 4 is 46.3 Å². The largest absolute Gasteiger partial charge is 0.461 e. The van der Waals surface area contributed by atoms with Crippen LogP contribution in [0.5, 0.6) is 6.01 Å². The summed E-state index contributed by atoms with van der Waals surface area (Å²) in [6.45, 7) is 4.26. The molecule has 2 heterocycles. The van der Waals surface area contributed by atoms with Crippen molar-refractivity contribution in [1.82, 2.24) is 15.0 Å². The number of hydrogen-bond donors (Lipinski definition) is 2. The fourth-order valence-corrected chi connectivity index (χ4v) is 3.66. The number of anilines is 1. The summed E-state index contributed by atoms with van der Waals surface area (Å²) < 4.78 is 16.1. The summed E-state index contributed by atoms with van der Waals surface area (Å²) in [4.78, 5) is 25.4. The molecule has 0 saturated carbocycles. The molecule has 1 amide bonds. The van der Waals surface area contributed by atoms with Crippen LogP contribution >= 0.6 is 34.5 Å². The Kier molecular flexibility index (Phi) is 9.79. The van der Waals surface area contributed by atoms with Crippen molar-refractivity contribution in [2.45, 2.75) is 6.92 Å². The van der Waals surface area contributed by atoms with Gasteiger partial charge >= 0.3 is 6.01 Å². The number of rotatable bonds is 12. The lowest BCUT2D eigenvalue weighted by atomic mass is 10.2. The first kappa shape index (κ1) is 25.3. The minimum absolute atomic E-state index is 0.169. The molecule has 176 valence electrons. The predicted molar refractivity (Wildman–Crippen MR) is 128 cm³/mol. The van der Waals surface area contributed by atoms with Gasteiger partial charge in [-0.1, -0.05) is 29.3 Å². The van der Waals surface area contributed by atoms with E-state index in [9.17, 15) is 4.79 Å². The molecule has 9 nitrogen and oxygen atoms in total. The Morgan fingerprint density at radius 1 is 1.09 bits per heavy atom. The Hall–Kier alpha value is -2.34. The Labute approximate surface area is 205 Å². The standard InChI is InChI=1S/C21H23Cl2N5O4S/c1-13-15(11-25-21(26-13)32-9-8-31-7-6-30-5-4-24)19(29)27-18-12-33-20(28-18)14-2-3-16(22)17(23)10-14/h2-3,10-12H,4-9,24H2,1H3,(H,27,29). The molecule has 3 rings (SSSR count). The third-order valence-corrected chi connectivity index (χ3v) is 5.84. The van der Waals surface area contributed by atoms with Gasteiger partial charge in [0.1, 0.15) is 17.4 Å².